The molecule has 2 aromatic rings. The number of hydrogen-bond acceptors (Lipinski definition) is 4. The lowest BCUT2D eigenvalue weighted by atomic mass is 9.78. The number of rotatable bonds is 14. The van der Waals surface area contributed by atoms with Crippen LogP contribution in [0.15, 0.2) is 88.9 Å². The van der Waals surface area contributed by atoms with Gasteiger partial charge in [-0.05, 0) is 133 Å². The van der Waals surface area contributed by atoms with E-state index in [9.17, 15) is 4.79 Å². The molecular formula is C39H42FIN2O2. The lowest BCUT2D eigenvalue weighted by Crippen LogP contribution is -2.17. The molecule has 1 aliphatic carbocycles. The van der Waals surface area contributed by atoms with Gasteiger partial charge in [-0.2, -0.15) is 0 Å². The molecule has 4 nitrogen and oxygen atoms in total. The number of aldehydes is 1. The fourth-order valence-corrected chi connectivity index (χ4v) is 7.03. The molecule has 1 fully saturated rings. The monoisotopic (exact) mass is 716 g/mol. The van der Waals surface area contributed by atoms with Crippen molar-refractivity contribution in [3.05, 3.63) is 101 Å². The molecule has 5 rings (SSSR count). The maximum absolute atomic E-state index is 15.7. The van der Waals surface area contributed by atoms with Gasteiger partial charge in [0, 0.05) is 30.5 Å². The highest BCUT2D eigenvalue weighted by molar-refractivity contribution is 14.1. The summed E-state index contributed by atoms with van der Waals surface area (Å²) in [6, 6.07) is 9.57. The van der Waals surface area contributed by atoms with Crippen LogP contribution in [0.25, 0.3) is 22.8 Å². The summed E-state index contributed by atoms with van der Waals surface area (Å²) in [5, 5.41) is 0. The summed E-state index contributed by atoms with van der Waals surface area (Å²) in [5.74, 6) is 0.923. The number of aliphatic imine (C=N–C) groups is 2. The molecule has 2 heterocycles. The van der Waals surface area contributed by atoms with Gasteiger partial charge in [0.25, 0.3) is 0 Å². The zero-order valence-electron chi connectivity index (χ0n) is 26.0. The normalized spacial score (nSPS) is 19.3. The van der Waals surface area contributed by atoms with Crippen molar-refractivity contribution in [1.82, 2.24) is 0 Å². The van der Waals surface area contributed by atoms with Gasteiger partial charge in [0.2, 0.25) is 0 Å². The average molecular weight is 717 g/mol. The quantitative estimate of drug-likeness (QED) is 0.0643. The number of alkyl halides is 1. The van der Waals surface area contributed by atoms with Crippen molar-refractivity contribution in [2.75, 3.05) is 17.8 Å². The summed E-state index contributed by atoms with van der Waals surface area (Å²) in [6.45, 7) is 13.9. The summed E-state index contributed by atoms with van der Waals surface area (Å²) in [7, 11) is 0. The molecule has 1 saturated carbocycles. The molecule has 234 valence electrons. The third-order valence-corrected chi connectivity index (χ3v) is 9.62. The van der Waals surface area contributed by atoms with E-state index in [1.54, 1.807) is 12.1 Å². The molecule has 45 heavy (non-hydrogen) atoms. The molecule has 0 saturated heterocycles. The lowest BCUT2D eigenvalue weighted by molar-refractivity contribution is -0.108. The maximum Gasteiger partial charge on any atom is 0.127 e. The van der Waals surface area contributed by atoms with Gasteiger partial charge in [-0.25, -0.2) is 4.39 Å². The van der Waals surface area contributed by atoms with Crippen LogP contribution < -0.4 is 0 Å². The topological polar surface area (TPSA) is 51.0 Å². The van der Waals surface area contributed by atoms with Gasteiger partial charge in [-0.3, -0.25) is 9.98 Å². The van der Waals surface area contributed by atoms with Crippen LogP contribution in [0.3, 0.4) is 0 Å². The Morgan fingerprint density at radius 2 is 1.93 bits per heavy atom. The molecule has 2 aliphatic heterocycles. The number of ether oxygens (including phenoxy) is 1. The third kappa shape index (κ3) is 8.33. The fraction of sp³-hybridized carbons (Fsp3) is 0.359. The molecule has 0 spiro atoms. The van der Waals surface area contributed by atoms with Crippen molar-refractivity contribution in [2.45, 2.75) is 57.8 Å². The Hall–Kier alpha value is -3.23. The molecule has 0 unspecified atom stereocenters. The van der Waals surface area contributed by atoms with Crippen molar-refractivity contribution in [2.24, 2.45) is 21.8 Å². The number of halogens is 2. The molecule has 0 bridgehead atoms. The SMILES string of the molecule is C=Cc1cc(-c2cccc3c2C(=C)C=C(C2=CC(CC4CCC(CC=O)CC4)=NC2)C=N3)cc(F)c1CC(=C)CCCOCI. The van der Waals surface area contributed by atoms with Gasteiger partial charge in [-0.15, -0.1) is 0 Å². The Bertz CT molecular complexity index is 1590. The highest BCUT2D eigenvalue weighted by atomic mass is 127. The summed E-state index contributed by atoms with van der Waals surface area (Å²) < 4.78 is 21.8. The van der Waals surface area contributed by atoms with Gasteiger partial charge < -0.3 is 9.53 Å². The van der Waals surface area contributed by atoms with Gasteiger partial charge in [0.1, 0.15) is 12.1 Å². The summed E-state index contributed by atoms with van der Waals surface area (Å²) in [4.78, 5) is 20.6. The van der Waals surface area contributed by atoms with Crippen LogP contribution in [0.4, 0.5) is 10.1 Å². The molecule has 0 radical (unpaired) electrons. The van der Waals surface area contributed by atoms with Crippen molar-refractivity contribution >= 4 is 58.1 Å². The van der Waals surface area contributed by atoms with E-state index in [1.165, 1.54) is 0 Å². The standard InChI is InChI=1S/C39H42FIN2O2/c1-4-30-20-31(22-37(40)36(30)17-26(2)7-6-16-45-25-41)35-8-5-9-38-39(35)27(3)18-32(24-43-38)33-21-34(42-23-33)19-29-12-10-28(11-13-29)14-15-44/h4-5,8-9,15,18,20-22,24,28-29H,1-3,6-7,10-14,16-17,19,23,25H2. The number of hydrogen-bond donors (Lipinski definition) is 0. The van der Waals surface area contributed by atoms with E-state index in [1.807, 2.05) is 30.5 Å². The Morgan fingerprint density at radius 1 is 1.13 bits per heavy atom. The lowest BCUT2D eigenvalue weighted by Gasteiger charge is -2.27. The molecule has 2 aromatic carbocycles. The van der Waals surface area contributed by atoms with E-state index < -0.39 is 0 Å². The van der Waals surface area contributed by atoms with E-state index in [-0.39, 0.29) is 5.82 Å². The van der Waals surface area contributed by atoms with Crippen LogP contribution in [0.5, 0.6) is 0 Å². The van der Waals surface area contributed by atoms with Crippen LogP contribution in [-0.4, -0.2) is 36.0 Å². The first-order valence-corrected chi connectivity index (χ1v) is 17.4. The number of nitrogens with zero attached hydrogens (tertiary/aromatic N) is 2. The van der Waals surface area contributed by atoms with Crippen LogP contribution in [0, 0.1) is 17.7 Å². The average Bonchev–Trinajstić information content (AvgIpc) is 3.43. The van der Waals surface area contributed by atoms with Crippen molar-refractivity contribution in [3.63, 3.8) is 0 Å². The van der Waals surface area contributed by atoms with Gasteiger partial charge >= 0.3 is 0 Å². The number of carbonyl (C=O) groups excluding carboxylic acids is 1. The highest BCUT2D eigenvalue weighted by Crippen LogP contribution is 2.40. The third-order valence-electron chi connectivity index (χ3n) is 9.18. The van der Waals surface area contributed by atoms with E-state index in [4.69, 9.17) is 14.7 Å². The first kappa shape index (κ1) is 33.1. The van der Waals surface area contributed by atoms with E-state index in [0.29, 0.717) is 48.0 Å². The molecule has 3 aliphatic rings. The molecule has 0 aromatic heterocycles. The van der Waals surface area contributed by atoms with E-state index in [0.717, 1.165) is 107 Å². The van der Waals surface area contributed by atoms with Crippen LogP contribution >= 0.6 is 22.6 Å². The first-order chi connectivity index (χ1) is 21.9. The van der Waals surface area contributed by atoms with Gasteiger partial charge in [0.15, 0.2) is 0 Å². The Balaban J connectivity index is 1.33. The zero-order chi connectivity index (χ0) is 31.8. The Kier molecular flexibility index (Phi) is 11.7. The largest absolute Gasteiger partial charge is 0.371 e. The minimum absolute atomic E-state index is 0.262. The minimum Gasteiger partial charge on any atom is -0.371 e. The number of fused-ring (bicyclic) bond motifs is 1. The van der Waals surface area contributed by atoms with Crippen LogP contribution in [-0.2, 0) is 16.0 Å². The zero-order valence-corrected chi connectivity index (χ0v) is 28.2. The van der Waals surface area contributed by atoms with Crippen molar-refractivity contribution < 1.29 is 13.9 Å². The second-order valence-corrected chi connectivity index (χ2v) is 13.0. The van der Waals surface area contributed by atoms with Crippen molar-refractivity contribution in [3.8, 4) is 11.1 Å². The molecule has 0 amide bonds. The van der Waals surface area contributed by atoms with Crippen LogP contribution in [0.2, 0.25) is 0 Å². The molecule has 6 heteroatoms. The van der Waals surface area contributed by atoms with Gasteiger partial charge in [0.05, 0.1) is 16.8 Å². The molecular weight excluding hydrogens is 674 g/mol. The summed E-state index contributed by atoms with van der Waals surface area (Å²) in [5.41, 5.74) is 9.86. The van der Waals surface area contributed by atoms with Crippen molar-refractivity contribution in [1.29, 1.82) is 0 Å². The number of carbonyl (C=O) groups is 1. The van der Waals surface area contributed by atoms with Gasteiger partial charge in [-0.1, -0.05) is 66.1 Å². The second kappa shape index (κ2) is 15.9. The second-order valence-electron chi connectivity index (χ2n) is 12.3. The molecule has 0 N–H and O–H groups in total. The minimum atomic E-state index is -0.262. The molecule has 0 atom stereocenters. The Labute approximate surface area is 280 Å². The Morgan fingerprint density at radius 3 is 2.69 bits per heavy atom. The maximum atomic E-state index is 15.7. The smallest absolute Gasteiger partial charge is 0.127 e. The number of allylic oxidation sites excluding steroid dienone is 4. The highest BCUT2D eigenvalue weighted by Gasteiger charge is 2.24. The fourth-order valence-electron chi connectivity index (χ4n) is 6.72. The predicted molar refractivity (Wildman–Crippen MR) is 195 cm³/mol. The number of benzene rings is 2. The summed E-state index contributed by atoms with van der Waals surface area (Å²) >= 11 is 2.19. The van der Waals surface area contributed by atoms with E-state index >= 15 is 4.39 Å². The predicted octanol–water partition coefficient (Wildman–Crippen LogP) is 10.2. The summed E-state index contributed by atoms with van der Waals surface area (Å²) in [6.07, 6.45) is 17.4. The van der Waals surface area contributed by atoms with E-state index in [2.05, 4.69) is 54.5 Å². The van der Waals surface area contributed by atoms with Crippen LogP contribution in [0.1, 0.15) is 68.1 Å². The first-order valence-electron chi connectivity index (χ1n) is 15.9.